The van der Waals surface area contributed by atoms with Gasteiger partial charge in [-0.1, -0.05) is 41.5 Å². The van der Waals surface area contributed by atoms with Gasteiger partial charge in [-0.3, -0.25) is 0 Å². The van der Waals surface area contributed by atoms with Crippen molar-refractivity contribution in [3.8, 4) is 0 Å². The molecule has 0 N–H and O–H groups in total. The van der Waals surface area contributed by atoms with E-state index < -0.39 is 0 Å². The van der Waals surface area contributed by atoms with Gasteiger partial charge in [-0.15, -0.1) is 12.1 Å². The van der Waals surface area contributed by atoms with Gasteiger partial charge in [0.05, 0.1) is 0 Å². The molecule has 0 spiro atoms. The number of benzene rings is 1. The van der Waals surface area contributed by atoms with Crippen molar-refractivity contribution in [3.05, 3.63) is 94.5 Å². The fourth-order valence-electron chi connectivity index (χ4n) is 1.63. The largest absolute Gasteiger partial charge is 0.747 e. The fourth-order valence-corrected chi connectivity index (χ4v) is 1.94. The van der Waals surface area contributed by atoms with Gasteiger partial charge in [-0.25, -0.2) is 0 Å². The third-order valence-corrected chi connectivity index (χ3v) is 3.11. The van der Waals surface area contributed by atoms with E-state index in [0.29, 0.717) is 0 Å². The maximum absolute atomic E-state index is 11.7. The van der Waals surface area contributed by atoms with Crippen molar-refractivity contribution in [1.82, 2.24) is 0 Å². The zero-order valence-corrected chi connectivity index (χ0v) is 13.3. The average molecular weight is 369 g/mol. The van der Waals surface area contributed by atoms with Crippen LogP contribution in [0.5, 0.6) is 0 Å². The molecule has 3 aromatic rings. The summed E-state index contributed by atoms with van der Waals surface area (Å²) < 4.78 is 1.16. The molecule has 0 atom stereocenters. The van der Waals surface area contributed by atoms with Crippen molar-refractivity contribution in [3.63, 3.8) is 0 Å². The molecular formula is C17H13BrFeO-6. The van der Waals surface area contributed by atoms with E-state index >= 15 is 0 Å². The van der Waals surface area contributed by atoms with Crippen molar-refractivity contribution in [2.75, 3.05) is 0 Å². The Hall–Kier alpha value is -1.41. The minimum Gasteiger partial charge on any atom is -0.747 e. The fraction of sp³-hybridized carbons (Fsp3) is 0. The smallest absolute Gasteiger partial charge is 0.112 e. The monoisotopic (exact) mass is 368 g/mol. The zero-order valence-electron chi connectivity index (χ0n) is 10.6. The van der Waals surface area contributed by atoms with Gasteiger partial charge < -0.3 is 49.5 Å². The van der Waals surface area contributed by atoms with Crippen molar-refractivity contribution < 1.29 is 21.9 Å². The number of rotatable bonds is 2. The Morgan fingerprint density at radius 3 is 1.95 bits per heavy atom. The van der Waals surface area contributed by atoms with E-state index in [0.717, 1.165) is 15.6 Å². The Labute approximate surface area is 138 Å². The van der Waals surface area contributed by atoms with Crippen molar-refractivity contribution >= 4 is 21.7 Å². The summed E-state index contributed by atoms with van der Waals surface area (Å²) in [5, 5.41) is 0. The third-order valence-electron chi connectivity index (χ3n) is 2.58. The van der Waals surface area contributed by atoms with Gasteiger partial charge in [0.1, 0.15) is 5.78 Å². The average Bonchev–Trinajstić information content (AvgIpc) is 3.12. The van der Waals surface area contributed by atoms with Crippen LogP contribution < -0.4 is 0 Å². The van der Waals surface area contributed by atoms with Crippen LogP contribution in [0.3, 0.4) is 0 Å². The van der Waals surface area contributed by atoms with E-state index in [4.69, 9.17) is 0 Å². The summed E-state index contributed by atoms with van der Waals surface area (Å²) in [5.74, 6) is 0.0885. The molecule has 0 amide bonds. The molecule has 0 aliphatic heterocycles. The molecule has 0 bridgehead atoms. The van der Waals surface area contributed by atoms with E-state index in [1.165, 1.54) is 0 Å². The molecule has 3 aromatic carbocycles. The summed E-state index contributed by atoms with van der Waals surface area (Å²) >= 11 is 3.28. The molecule has 3 rings (SSSR count). The first kappa shape index (κ1) is 16.6. The van der Waals surface area contributed by atoms with E-state index in [1.807, 2.05) is 78.9 Å². The summed E-state index contributed by atoms with van der Waals surface area (Å²) in [4.78, 5) is 11.7. The van der Waals surface area contributed by atoms with Gasteiger partial charge in [-0.05, 0) is 0 Å². The molecular weight excluding hydrogens is 356 g/mol. The number of ketones is 1. The molecule has 0 aliphatic carbocycles. The van der Waals surface area contributed by atoms with Gasteiger partial charge in [-0.2, -0.15) is 12.1 Å². The molecule has 0 saturated carbocycles. The third kappa shape index (κ3) is 4.93. The zero-order chi connectivity index (χ0) is 13.5. The van der Waals surface area contributed by atoms with Crippen LogP contribution in [0.25, 0.3) is 0 Å². The second-order valence-electron chi connectivity index (χ2n) is 3.97. The van der Waals surface area contributed by atoms with Crippen LogP contribution >= 0.6 is 15.9 Å². The Kier molecular flexibility index (Phi) is 7.24. The van der Waals surface area contributed by atoms with E-state index in [1.54, 1.807) is 0 Å². The first-order valence-corrected chi connectivity index (χ1v) is 6.75. The van der Waals surface area contributed by atoms with Crippen LogP contribution in [0.1, 0.15) is 15.9 Å². The maximum atomic E-state index is 11.7. The Bertz CT molecular complexity index is 598. The molecule has 108 valence electrons. The molecule has 0 unspecified atom stereocenters. The predicted molar refractivity (Wildman–Crippen MR) is 81.6 cm³/mol. The number of carbonyl (C=O) groups is 1. The molecule has 3 heteroatoms. The summed E-state index contributed by atoms with van der Waals surface area (Å²) in [7, 11) is 0. The first-order valence-electron chi connectivity index (χ1n) is 5.96. The minimum atomic E-state index is 0. The van der Waals surface area contributed by atoms with Crippen LogP contribution in [0.4, 0.5) is 0 Å². The van der Waals surface area contributed by atoms with Gasteiger partial charge >= 0.3 is 0 Å². The van der Waals surface area contributed by atoms with Crippen LogP contribution in [0.15, 0.2) is 83.3 Å². The van der Waals surface area contributed by atoms with E-state index in [9.17, 15) is 4.79 Å². The van der Waals surface area contributed by atoms with Crippen molar-refractivity contribution in [2.45, 2.75) is 0 Å². The van der Waals surface area contributed by atoms with Crippen LogP contribution in [-0.2, 0) is 17.1 Å². The second kappa shape index (κ2) is 8.70. The topological polar surface area (TPSA) is 17.1 Å². The second-order valence-corrected chi connectivity index (χ2v) is 4.89. The molecule has 0 aliphatic rings. The molecule has 0 aromatic heterocycles. The molecule has 0 radical (unpaired) electrons. The molecule has 20 heavy (non-hydrogen) atoms. The Morgan fingerprint density at radius 2 is 1.50 bits per heavy atom. The van der Waals surface area contributed by atoms with Gasteiger partial charge in [0.2, 0.25) is 0 Å². The normalized spacial score (nSPS) is 9.05. The molecule has 0 heterocycles. The predicted octanol–water partition coefficient (Wildman–Crippen LogP) is 4.80. The van der Waals surface area contributed by atoms with Crippen molar-refractivity contribution in [1.29, 1.82) is 0 Å². The minimum absolute atomic E-state index is 0. The number of carbonyl (C=O) groups excluding carboxylic acids is 1. The van der Waals surface area contributed by atoms with Gasteiger partial charge in [0.15, 0.2) is 0 Å². The first-order chi connectivity index (χ1) is 9.27. The molecule has 0 fully saturated rings. The van der Waals surface area contributed by atoms with E-state index in [2.05, 4.69) is 15.9 Å². The van der Waals surface area contributed by atoms with Crippen LogP contribution in [0, 0.1) is 0 Å². The Morgan fingerprint density at radius 1 is 0.950 bits per heavy atom. The van der Waals surface area contributed by atoms with Crippen LogP contribution in [-0.4, -0.2) is 5.78 Å². The van der Waals surface area contributed by atoms with Gasteiger partial charge in [0.25, 0.3) is 0 Å². The summed E-state index contributed by atoms with van der Waals surface area (Å²) in [6, 6.07) is 24.7. The number of hydrogen-bond acceptors (Lipinski definition) is 1. The number of hydrogen-bond donors (Lipinski definition) is 0. The molecule has 1 nitrogen and oxygen atoms in total. The van der Waals surface area contributed by atoms with E-state index in [-0.39, 0.29) is 22.9 Å². The SMILES string of the molecule is Br[c-]1[cH-][cH-][cH-][cH-]1.O=C(c1ccccc1)[c-]1cccc1.[Fe]. The van der Waals surface area contributed by atoms with Crippen LogP contribution in [0.2, 0.25) is 0 Å². The van der Waals surface area contributed by atoms with Gasteiger partial charge in [0, 0.05) is 17.1 Å². The summed E-state index contributed by atoms with van der Waals surface area (Å²) in [6.07, 6.45) is 0. The summed E-state index contributed by atoms with van der Waals surface area (Å²) in [6.45, 7) is 0. The number of halogens is 1. The molecule has 0 saturated heterocycles. The maximum Gasteiger partial charge on any atom is 0.112 e. The Balaban J connectivity index is 0.000000243. The quantitative estimate of drug-likeness (QED) is 0.360. The van der Waals surface area contributed by atoms with Crippen molar-refractivity contribution in [2.24, 2.45) is 0 Å². The standard InChI is InChI=1S/C12H9O.C5H4Br.Fe/c13-12(11-8-4-5-9-11)10-6-2-1-3-7-10;6-5-3-1-2-4-5;/h1-9H;1-4H;/q-1;-5;. The summed E-state index contributed by atoms with van der Waals surface area (Å²) in [5.41, 5.74) is 1.50.